The van der Waals surface area contributed by atoms with Crippen molar-refractivity contribution in [3.63, 3.8) is 0 Å². The molecule has 0 bridgehead atoms. The van der Waals surface area contributed by atoms with Gasteiger partial charge in [-0.05, 0) is 6.07 Å². The van der Waals surface area contributed by atoms with Crippen molar-refractivity contribution in [2.24, 2.45) is 0 Å². The molecule has 1 aromatic rings. The quantitative estimate of drug-likeness (QED) is 0.889. The summed E-state index contributed by atoms with van der Waals surface area (Å²) in [6, 6.07) is 1.37. The number of anilines is 1. The van der Waals surface area contributed by atoms with E-state index < -0.39 is 24.5 Å². The molecule has 0 fully saturated rings. The van der Waals surface area contributed by atoms with Gasteiger partial charge in [0.25, 0.3) is 5.92 Å². The van der Waals surface area contributed by atoms with Gasteiger partial charge in [-0.2, -0.15) is 0 Å². The molecule has 1 aliphatic heterocycles. The van der Waals surface area contributed by atoms with Crippen LogP contribution in [0, 0.1) is 0 Å². The van der Waals surface area contributed by atoms with Crippen molar-refractivity contribution in [1.82, 2.24) is 4.98 Å². The van der Waals surface area contributed by atoms with Crippen LogP contribution in [0.3, 0.4) is 0 Å². The smallest absolute Gasteiger partial charge is 0.413 e. The van der Waals surface area contributed by atoms with Crippen LogP contribution in [0.5, 0.6) is 0 Å². The zero-order valence-corrected chi connectivity index (χ0v) is 9.59. The predicted octanol–water partition coefficient (Wildman–Crippen LogP) is 3.38. The highest BCUT2D eigenvalue weighted by molar-refractivity contribution is 6.31. The Labute approximate surface area is 101 Å². The Morgan fingerprint density at radius 3 is 3.00 bits per heavy atom. The molecule has 1 aliphatic rings. The van der Waals surface area contributed by atoms with Crippen LogP contribution in [-0.4, -0.2) is 17.0 Å². The number of halogens is 3. The third kappa shape index (κ3) is 2.04. The van der Waals surface area contributed by atoms with Gasteiger partial charge in [-0.15, -0.1) is 0 Å². The number of hydrogen-bond acceptors (Lipinski definition) is 3. The number of amides is 1. The Kier molecular flexibility index (Phi) is 2.91. The molecule has 2 rings (SSSR count). The van der Waals surface area contributed by atoms with Crippen molar-refractivity contribution in [3.05, 3.63) is 22.8 Å². The fourth-order valence-electron chi connectivity index (χ4n) is 1.57. The number of nitrogens with one attached hydrogen (secondary N) is 1. The van der Waals surface area contributed by atoms with E-state index in [1.165, 1.54) is 19.2 Å². The van der Waals surface area contributed by atoms with Crippen LogP contribution in [0.15, 0.2) is 12.3 Å². The lowest BCUT2D eigenvalue weighted by atomic mass is 10.0. The number of aromatic nitrogens is 1. The van der Waals surface area contributed by atoms with E-state index in [4.69, 9.17) is 11.6 Å². The monoisotopic (exact) mass is 262 g/mol. The Balaban J connectivity index is 2.54. The van der Waals surface area contributed by atoms with Gasteiger partial charge in [0.1, 0.15) is 5.82 Å². The van der Waals surface area contributed by atoms with Crippen molar-refractivity contribution >= 4 is 23.5 Å². The molecule has 0 saturated heterocycles. The van der Waals surface area contributed by atoms with Gasteiger partial charge in [-0.25, -0.2) is 18.6 Å². The molecular weight excluding hydrogens is 254 g/mol. The first kappa shape index (κ1) is 12.0. The minimum atomic E-state index is -3.18. The number of nitrogens with zero attached hydrogens (tertiary/aromatic N) is 1. The van der Waals surface area contributed by atoms with Gasteiger partial charge in [-0.1, -0.05) is 18.5 Å². The first-order chi connectivity index (χ1) is 7.95. The Morgan fingerprint density at radius 2 is 2.35 bits per heavy atom. The summed E-state index contributed by atoms with van der Waals surface area (Å²) < 4.78 is 32.0. The SMILES string of the molecule is CCC(F)(F)C1OC(=O)Nc2nccc(Cl)c21. The molecule has 7 heteroatoms. The van der Waals surface area contributed by atoms with Gasteiger partial charge in [-0.3, -0.25) is 5.32 Å². The molecule has 0 saturated carbocycles. The van der Waals surface area contributed by atoms with Gasteiger partial charge in [0.15, 0.2) is 6.10 Å². The number of hydrogen-bond donors (Lipinski definition) is 1. The number of ether oxygens (including phenoxy) is 1. The molecule has 1 atom stereocenters. The van der Waals surface area contributed by atoms with E-state index in [9.17, 15) is 13.6 Å². The fraction of sp³-hybridized carbons (Fsp3) is 0.400. The number of carbonyl (C=O) groups excluding carboxylic acids is 1. The van der Waals surface area contributed by atoms with Crippen molar-refractivity contribution < 1.29 is 18.3 Å². The summed E-state index contributed by atoms with van der Waals surface area (Å²) in [5, 5.41) is 2.33. The molecular formula is C10H9ClF2N2O2. The molecule has 0 spiro atoms. The molecule has 2 heterocycles. The fourth-order valence-corrected chi connectivity index (χ4v) is 1.82. The van der Waals surface area contributed by atoms with E-state index in [0.717, 1.165) is 0 Å². The van der Waals surface area contributed by atoms with Gasteiger partial charge >= 0.3 is 6.09 Å². The van der Waals surface area contributed by atoms with Crippen LogP contribution in [0.4, 0.5) is 19.4 Å². The summed E-state index contributed by atoms with van der Waals surface area (Å²) in [7, 11) is 0. The number of carbonyl (C=O) groups is 1. The van der Waals surface area contributed by atoms with Crippen LogP contribution in [0.25, 0.3) is 0 Å². The van der Waals surface area contributed by atoms with E-state index in [2.05, 4.69) is 15.0 Å². The normalized spacial score (nSPS) is 19.3. The highest BCUT2D eigenvalue weighted by Gasteiger charge is 2.46. The third-order valence-corrected chi connectivity index (χ3v) is 2.83. The van der Waals surface area contributed by atoms with Gasteiger partial charge in [0.2, 0.25) is 0 Å². The molecule has 0 radical (unpaired) electrons. The maximum atomic E-state index is 13.7. The topological polar surface area (TPSA) is 51.2 Å². The van der Waals surface area contributed by atoms with Gasteiger partial charge in [0, 0.05) is 12.6 Å². The zero-order valence-electron chi connectivity index (χ0n) is 8.84. The summed E-state index contributed by atoms with van der Waals surface area (Å²) >= 11 is 5.84. The Hall–Kier alpha value is -1.43. The third-order valence-electron chi connectivity index (χ3n) is 2.50. The van der Waals surface area contributed by atoms with Crippen LogP contribution >= 0.6 is 11.6 Å². The van der Waals surface area contributed by atoms with Crippen LogP contribution in [0.2, 0.25) is 5.02 Å². The second kappa shape index (κ2) is 4.10. The molecule has 17 heavy (non-hydrogen) atoms. The van der Waals surface area contributed by atoms with Crippen molar-refractivity contribution in [1.29, 1.82) is 0 Å². The summed E-state index contributed by atoms with van der Waals surface area (Å²) in [5.41, 5.74) is 0.0145. The van der Waals surface area contributed by atoms with Crippen LogP contribution in [-0.2, 0) is 4.74 Å². The molecule has 0 aliphatic carbocycles. The Morgan fingerprint density at radius 1 is 1.65 bits per heavy atom. The zero-order chi connectivity index (χ0) is 12.6. The number of cyclic esters (lactones) is 1. The minimum absolute atomic E-state index is 0.0145. The number of pyridine rings is 1. The first-order valence-electron chi connectivity index (χ1n) is 4.95. The standard InChI is InChI=1S/C10H9ClF2N2O2/c1-2-10(12,13)7-6-5(11)3-4-14-8(6)15-9(16)17-7/h3-4,7H,2H2,1H3,(H,14,15,16). The van der Waals surface area contributed by atoms with Crippen molar-refractivity contribution in [2.75, 3.05) is 5.32 Å². The maximum absolute atomic E-state index is 13.7. The molecule has 1 unspecified atom stereocenters. The van der Waals surface area contributed by atoms with E-state index in [1.807, 2.05) is 0 Å². The first-order valence-corrected chi connectivity index (χ1v) is 5.33. The van der Waals surface area contributed by atoms with Crippen molar-refractivity contribution in [2.45, 2.75) is 25.4 Å². The molecule has 92 valence electrons. The molecule has 1 amide bonds. The number of fused-ring (bicyclic) bond motifs is 1. The van der Waals surface area contributed by atoms with Crippen LogP contribution in [0.1, 0.15) is 25.0 Å². The van der Waals surface area contributed by atoms with E-state index in [0.29, 0.717) is 0 Å². The summed E-state index contributed by atoms with van der Waals surface area (Å²) in [4.78, 5) is 15.0. The number of alkyl halides is 2. The van der Waals surface area contributed by atoms with Crippen LogP contribution < -0.4 is 5.32 Å². The molecule has 1 N–H and O–H groups in total. The highest BCUT2D eigenvalue weighted by atomic mass is 35.5. The second-order valence-corrected chi connectivity index (χ2v) is 3.99. The predicted molar refractivity (Wildman–Crippen MR) is 57.3 cm³/mol. The highest BCUT2D eigenvalue weighted by Crippen LogP contribution is 2.44. The molecule has 4 nitrogen and oxygen atoms in total. The van der Waals surface area contributed by atoms with E-state index >= 15 is 0 Å². The lowest BCUT2D eigenvalue weighted by Crippen LogP contribution is -2.36. The minimum Gasteiger partial charge on any atom is -0.434 e. The lowest BCUT2D eigenvalue weighted by molar-refractivity contribution is -0.115. The van der Waals surface area contributed by atoms with Gasteiger partial charge < -0.3 is 4.74 Å². The summed E-state index contributed by atoms with van der Waals surface area (Å²) in [5.74, 6) is -3.16. The average Bonchev–Trinajstić information content (AvgIpc) is 2.28. The average molecular weight is 263 g/mol. The summed E-state index contributed by atoms with van der Waals surface area (Å²) in [6.07, 6.45) is -1.79. The Bertz CT molecular complexity index is 468. The van der Waals surface area contributed by atoms with Crippen molar-refractivity contribution in [3.8, 4) is 0 Å². The number of rotatable bonds is 2. The van der Waals surface area contributed by atoms with Gasteiger partial charge in [0.05, 0.1) is 10.6 Å². The van der Waals surface area contributed by atoms with E-state index in [-0.39, 0.29) is 16.4 Å². The second-order valence-electron chi connectivity index (χ2n) is 3.58. The molecule has 1 aromatic heterocycles. The summed E-state index contributed by atoms with van der Waals surface area (Å²) in [6.45, 7) is 1.31. The molecule has 0 aromatic carbocycles. The lowest BCUT2D eigenvalue weighted by Gasteiger charge is -2.31. The largest absolute Gasteiger partial charge is 0.434 e. The van der Waals surface area contributed by atoms with E-state index in [1.54, 1.807) is 0 Å². The maximum Gasteiger partial charge on any atom is 0.413 e.